The number of nitrogens with zero attached hydrogens (tertiary/aromatic N) is 3. The molecule has 2 rings (SSSR count). The summed E-state index contributed by atoms with van der Waals surface area (Å²) in [4.78, 5) is 0. The maximum Gasteiger partial charge on any atom is 0.131 e. The smallest absolute Gasteiger partial charge is 0.131 e. The predicted molar refractivity (Wildman–Crippen MR) is 34.5 cm³/mol. The molecule has 9 heavy (non-hydrogen) atoms. The van der Waals surface area contributed by atoms with Gasteiger partial charge in [0.2, 0.25) is 0 Å². The molecule has 0 saturated heterocycles. The molecule has 0 bridgehead atoms. The van der Waals surface area contributed by atoms with Crippen molar-refractivity contribution in [2.75, 3.05) is 0 Å². The van der Waals surface area contributed by atoms with Gasteiger partial charge in [-0.15, -0.1) is 5.10 Å². The molecule has 3 nitrogen and oxygen atoms in total. The molecule has 0 amide bonds. The van der Waals surface area contributed by atoms with Crippen molar-refractivity contribution in [3.05, 3.63) is 12.2 Å². The topological polar surface area (TPSA) is 37.1 Å². The van der Waals surface area contributed by atoms with Gasteiger partial charge in [-0.25, -0.2) is 0 Å². The first-order valence-electron chi connectivity index (χ1n) is 3.10. The van der Waals surface area contributed by atoms with Crippen LogP contribution in [0.15, 0.2) is 27.6 Å². The normalized spacial score (nSPS) is 30.2. The lowest BCUT2D eigenvalue weighted by Gasteiger charge is -2.06. The third-order valence-corrected chi connectivity index (χ3v) is 1.58. The van der Waals surface area contributed by atoms with Gasteiger partial charge in [-0.1, -0.05) is 12.2 Å². The summed E-state index contributed by atoms with van der Waals surface area (Å²) in [6.45, 7) is 0. The number of hydrogen-bond acceptors (Lipinski definition) is 3. The van der Waals surface area contributed by atoms with Crippen LogP contribution in [0.4, 0.5) is 0 Å². The van der Waals surface area contributed by atoms with Crippen molar-refractivity contribution in [2.24, 2.45) is 15.4 Å². The van der Waals surface area contributed by atoms with E-state index in [1.807, 2.05) is 0 Å². The quantitative estimate of drug-likeness (QED) is 0.436. The Hall–Kier alpha value is -0.990. The van der Waals surface area contributed by atoms with Crippen LogP contribution in [0.25, 0.3) is 0 Å². The maximum absolute atomic E-state index is 3.89. The first-order chi connectivity index (χ1) is 4.47. The van der Waals surface area contributed by atoms with Gasteiger partial charge >= 0.3 is 0 Å². The van der Waals surface area contributed by atoms with Gasteiger partial charge in [0.05, 0.1) is 5.71 Å². The molecule has 1 heterocycles. The van der Waals surface area contributed by atoms with Gasteiger partial charge in [0.1, 0.15) is 6.04 Å². The summed E-state index contributed by atoms with van der Waals surface area (Å²) in [6, 6.07) is 0.193. The van der Waals surface area contributed by atoms with Crippen LogP contribution >= 0.6 is 0 Å². The van der Waals surface area contributed by atoms with Crippen LogP contribution in [-0.2, 0) is 0 Å². The fourth-order valence-corrected chi connectivity index (χ4v) is 1.07. The van der Waals surface area contributed by atoms with Gasteiger partial charge in [0.15, 0.2) is 0 Å². The molecule has 0 saturated carbocycles. The molecule has 2 aliphatic rings. The zero-order chi connectivity index (χ0) is 6.10. The van der Waals surface area contributed by atoms with Crippen LogP contribution in [0.2, 0.25) is 0 Å². The van der Waals surface area contributed by atoms with E-state index in [4.69, 9.17) is 0 Å². The minimum Gasteiger partial charge on any atom is -0.155 e. The van der Waals surface area contributed by atoms with Crippen LogP contribution in [0, 0.1) is 0 Å². The van der Waals surface area contributed by atoms with Gasteiger partial charge in [0.25, 0.3) is 0 Å². The molecule has 1 aliphatic carbocycles. The zero-order valence-electron chi connectivity index (χ0n) is 4.99. The van der Waals surface area contributed by atoms with Crippen molar-refractivity contribution >= 4 is 5.71 Å². The second-order valence-corrected chi connectivity index (χ2v) is 2.21. The van der Waals surface area contributed by atoms with Gasteiger partial charge in [-0.2, -0.15) is 5.11 Å². The minimum absolute atomic E-state index is 0.193. The molecule has 3 heteroatoms. The first-order valence-corrected chi connectivity index (χ1v) is 3.10. The van der Waals surface area contributed by atoms with Crippen LogP contribution in [0.5, 0.6) is 0 Å². The third kappa shape index (κ3) is 0.686. The molecular weight excluding hydrogens is 114 g/mol. The number of rotatable bonds is 0. The van der Waals surface area contributed by atoms with Gasteiger partial charge in [-0.3, -0.25) is 0 Å². The molecule has 0 aromatic rings. The number of allylic oxidation sites excluding steroid dienone is 1. The second kappa shape index (κ2) is 1.76. The highest BCUT2D eigenvalue weighted by Crippen LogP contribution is 2.16. The highest BCUT2D eigenvalue weighted by atomic mass is 15.4. The summed E-state index contributed by atoms with van der Waals surface area (Å²) < 4.78 is 0. The van der Waals surface area contributed by atoms with Crippen LogP contribution in [0.1, 0.15) is 12.8 Å². The van der Waals surface area contributed by atoms with E-state index in [0.717, 1.165) is 18.6 Å². The van der Waals surface area contributed by atoms with E-state index in [1.165, 1.54) is 0 Å². The molecule has 0 radical (unpaired) electrons. The molecule has 0 spiro atoms. The molecule has 0 aromatic carbocycles. The molecule has 0 fully saturated rings. The SMILES string of the molecule is C1=CC2N=NN=C2CC1. The fraction of sp³-hybridized carbons (Fsp3) is 0.500. The predicted octanol–water partition coefficient (Wildman–Crippen LogP) is 1.53. The molecule has 0 aromatic heterocycles. The van der Waals surface area contributed by atoms with E-state index in [0.29, 0.717) is 0 Å². The lowest BCUT2D eigenvalue weighted by Crippen LogP contribution is -2.15. The second-order valence-electron chi connectivity index (χ2n) is 2.21. The van der Waals surface area contributed by atoms with Gasteiger partial charge < -0.3 is 0 Å². The Bertz CT molecular complexity index is 202. The standard InChI is InChI=1S/C6H7N3/c1-2-4-6-5(3-1)7-9-8-6/h1,3,5H,2,4H2. The highest BCUT2D eigenvalue weighted by Gasteiger charge is 2.18. The fourth-order valence-electron chi connectivity index (χ4n) is 1.07. The van der Waals surface area contributed by atoms with E-state index in [1.54, 1.807) is 0 Å². The molecule has 46 valence electrons. The van der Waals surface area contributed by atoms with Crippen LogP contribution in [0.3, 0.4) is 0 Å². The monoisotopic (exact) mass is 121 g/mol. The Morgan fingerprint density at radius 1 is 1.56 bits per heavy atom. The third-order valence-electron chi connectivity index (χ3n) is 1.58. The van der Waals surface area contributed by atoms with E-state index in [9.17, 15) is 0 Å². The van der Waals surface area contributed by atoms with Crippen molar-refractivity contribution in [1.29, 1.82) is 0 Å². The van der Waals surface area contributed by atoms with Gasteiger partial charge in [0, 0.05) is 0 Å². The lowest BCUT2D eigenvalue weighted by molar-refractivity contribution is 0.927. The van der Waals surface area contributed by atoms with Crippen molar-refractivity contribution in [2.45, 2.75) is 18.9 Å². The Morgan fingerprint density at radius 2 is 2.56 bits per heavy atom. The molecular formula is C6H7N3. The summed E-state index contributed by atoms with van der Waals surface area (Å²) in [5, 5.41) is 11.4. The Kier molecular flexibility index (Phi) is 0.946. The molecule has 1 unspecified atom stereocenters. The first kappa shape index (κ1) is 4.85. The largest absolute Gasteiger partial charge is 0.155 e. The summed E-state index contributed by atoms with van der Waals surface area (Å²) in [5.41, 5.74) is 1.12. The number of fused-ring (bicyclic) bond motifs is 1. The minimum atomic E-state index is 0.193. The van der Waals surface area contributed by atoms with E-state index >= 15 is 0 Å². The summed E-state index contributed by atoms with van der Waals surface area (Å²) >= 11 is 0. The van der Waals surface area contributed by atoms with Crippen LogP contribution < -0.4 is 0 Å². The van der Waals surface area contributed by atoms with Crippen molar-refractivity contribution in [3.63, 3.8) is 0 Å². The molecule has 0 N–H and O–H groups in total. The van der Waals surface area contributed by atoms with E-state index < -0.39 is 0 Å². The Labute approximate surface area is 53.2 Å². The summed E-state index contributed by atoms with van der Waals surface area (Å²) in [6.07, 6.45) is 6.32. The van der Waals surface area contributed by atoms with Crippen molar-refractivity contribution < 1.29 is 0 Å². The average Bonchev–Trinajstić information content (AvgIpc) is 2.33. The Balaban J connectivity index is 2.31. The maximum atomic E-state index is 3.89. The van der Waals surface area contributed by atoms with Crippen molar-refractivity contribution in [1.82, 2.24) is 0 Å². The zero-order valence-corrected chi connectivity index (χ0v) is 4.99. The summed E-state index contributed by atoms with van der Waals surface area (Å²) in [5.74, 6) is 0. The van der Waals surface area contributed by atoms with Crippen LogP contribution in [-0.4, -0.2) is 11.8 Å². The lowest BCUT2D eigenvalue weighted by atomic mass is 10.0. The van der Waals surface area contributed by atoms with E-state index in [-0.39, 0.29) is 6.04 Å². The summed E-state index contributed by atoms with van der Waals surface area (Å²) in [7, 11) is 0. The molecule has 1 aliphatic heterocycles. The van der Waals surface area contributed by atoms with Crippen molar-refractivity contribution in [3.8, 4) is 0 Å². The Morgan fingerprint density at radius 3 is 3.44 bits per heavy atom. The molecule has 1 atom stereocenters. The van der Waals surface area contributed by atoms with E-state index in [2.05, 4.69) is 27.6 Å². The highest BCUT2D eigenvalue weighted by molar-refractivity contribution is 5.92. The number of hydrogen-bond donors (Lipinski definition) is 0. The average molecular weight is 121 g/mol. The van der Waals surface area contributed by atoms with Gasteiger partial charge in [-0.05, 0) is 18.1 Å².